The molecule has 0 amide bonds. The van der Waals surface area contributed by atoms with E-state index in [1.807, 2.05) is 11.8 Å². The van der Waals surface area contributed by atoms with Crippen LogP contribution in [0.1, 0.15) is 6.92 Å². The van der Waals surface area contributed by atoms with E-state index in [0.717, 1.165) is 13.1 Å². The van der Waals surface area contributed by atoms with Crippen molar-refractivity contribution in [2.45, 2.75) is 13.0 Å². The molecule has 1 aliphatic rings. The molecule has 0 fully saturated rings. The van der Waals surface area contributed by atoms with Gasteiger partial charge in [-0.25, -0.2) is 4.79 Å². The number of aliphatic imine (C=N–C) groups is 1. The summed E-state index contributed by atoms with van der Waals surface area (Å²) in [5, 5.41) is 0. The summed E-state index contributed by atoms with van der Waals surface area (Å²) in [6.07, 6.45) is 1.70. The van der Waals surface area contributed by atoms with E-state index in [1.54, 1.807) is 6.34 Å². The molecular formula is C7H12N2O2. The molecule has 1 unspecified atom stereocenters. The van der Waals surface area contributed by atoms with E-state index in [9.17, 15) is 4.79 Å². The summed E-state index contributed by atoms with van der Waals surface area (Å²) in [6, 6.07) is -0.203. The van der Waals surface area contributed by atoms with Gasteiger partial charge in [-0.1, -0.05) is 0 Å². The van der Waals surface area contributed by atoms with Crippen LogP contribution in [0.5, 0.6) is 0 Å². The van der Waals surface area contributed by atoms with Crippen LogP contribution in [0.25, 0.3) is 0 Å². The van der Waals surface area contributed by atoms with Crippen LogP contribution in [0.3, 0.4) is 0 Å². The van der Waals surface area contributed by atoms with E-state index in [4.69, 9.17) is 0 Å². The first-order valence-electron chi connectivity index (χ1n) is 3.59. The van der Waals surface area contributed by atoms with Crippen molar-refractivity contribution < 1.29 is 9.53 Å². The maximum absolute atomic E-state index is 11.0. The van der Waals surface area contributed by atoms with Gasteiger partial charge >= 0.3 is 5.97 Å². The zero-order valence-electron chi connectivity index (χ0n) is 6.78. The topological polar surface area (TPSA) is 41.9 Å². The number of carbonyl (C=O) groups excluding carboxylic acids is 1. The van der Waals surface area contributed by atoms with Crippen molar-refractivity contribution in [3.8, 4) is 0 Å². The fourth-order valence-corrected chi connectivity index (χ4v) is 0.993. The highest BCUT2D eigenvalue weighted by Crippen LogP contribution is 2.02. The van der Waals surface area contributed by atoms with Gasteiger partial charge in [0.15, 0.2) is 0 Å². The van der Waals surface area contributed by atoms with Gasteiger partial charge in [-0.2, -0.15) is 0 Å². The van der Waals surface area contributed by atoms with Crippen molar-refractivity contribution in [2.24, 2.45) is 4.99 Å². The number of methoxy groups -OCH3 is 1. The number of esters is 1. The second-order valence-corrected chi connectivity index (χ2v) is 2.46. The largest absolute Gasteiger partial charge is 0.467 e. The monoisotopic (exact) mass is 156 g/mol. The van der Waals surface area contributed by atoms with Crippen LogP contribution in [0.15, 0.2) is 4.99 Å². The van der Waals surface area contributed by atoms with Crippen molar-refractivity contribution >= 4 is 12.3 Å². The number of rotatable bonds is 2. The van der Waals surface area contributed by atoms with E-state index < -0.39 is 0 Å². The third-order valence-electron chi connectivity index (χ3n) is 1.76. The fourth-order valence-electron chi connectivity index (χ4n) is 0.993. The summed E-state index contributed by atoms with van der Waals surface area (Å²) in [4.78, 5) is 16.8. The molecule has 0 aromatic heterocycles. The van der Waals surface area contributed by atoms with Gasteiger partial charge in [0.05, 0.1) is 20.0 Å². The average Bonchev–Trinajstić information content (AvgIpc) is 2.53. The molecule has 0 spiro atoms. The lowest BCUT2D eigenvalue weighted by Crippen LogP contribution is -2.37. The first-order valence-corrected chi connectivity index (χ1v) is 3.59. The van der Waals surface area contributed by atoms with E-state index in [-0.39, 0.29) is 12.0 Å². The number of carbonyl (C=O) groups is 1. The van der Waals surface area contributed by atoms with Gasteiger partial charge < -0.3 is 9.64 Å². The maximum atomic E-state index is 11.0. The highest BCUT2D eigenvalue weighted by Gasteiger charge is 2.20. The Bertz CT molecular complexity index is 179. The maximum Gasteiger partial charge on any atom is 0.328 e. The second-order valence-electron chi connectivity index (χ2n) is 2.46. The molecule has 0 saturated heterocycles. The Kier molecular flexibility index (Phi) is 2.46. The highest BCUT2D eigenvalue weighted by atomic mass is 16.5. The molecule has 4 nitrogen and oxygen atoms in total. The quantitative estimate of drug-likeness (QED) is 0.524. The molecule has 1 aliphatic heterocycles. The number of ether oxygens (including phenoxy) is 1. The molecule has 0 N–H and O–H groups in total. The van der Waals surface area contributed by atoms with Gasteiger partial charge in [-0.15, -0.1) is 0 Å². The molecule has 1 heterocycles. The number of nitrogens with zero attached hydrogens (tertiary/aromatic N) is 2. The minimum Gasteiger partial charge on any atom is -0.467 e. The van der Waals surface area contributed by atoms with Crippen molar-refractivity contribution in [3.63, 3.8) is 0 Å². The molecule has 0 saturated carbocycles. The molecule has 0 radical (unpaired) electrons. The predicted molar refractivity (Wildman–Crippen MR) is 41.5 cm³/mol. The van der Waals surface area contributed by atoms with E-state index in [2.05, 4.69) is 9.73 Å². The Hall–Kier alpha value is -1.06. The minimum atomic E-state index is -0.210. The number of hydrogen-bond acceptors (Lipinski definition) is 4. The molecule has 4 heteroatoms. The van der Waals surface area contributed by atoms with Crippen LogP contribution in [0, 0.1) is 0 Å². The lowest BCUT2D eigenvalue weighted by molar-refractivity contribution is -0.144. The molecule has 0 aromatic rings. The van der Waals surface area contributed by atoms with Crippen LogP contribution in [-0.4, -0.2) is 43.4 Å². The van der Waals surface area contributed by atoms with Gasteiger partial charge in [0.25, 0.3) is 0 Å². The van der Waals surface area contributed by atoms with Crippen molar-refractivity contribution in [3.05, 3.63) is 0 Å². The summed E-state index contributed by atoms with van der Waals surface area (Å²) in [7, 11) is 1.39. The van der Waals surface area contributed by atoms with Crippen molar-refractivity contribution in [1.82, 2.24) is 4.90 Å². The first kappa shape index (κ1) is 8.04. The Morgan fingerprint density at radius 2 is 2.55 bits per heavy atom. The third kappa shape index (κ3) is 1.69. The second kappa shape index (κ2) is 3.37. The fraction of sp³-hybridized carbons (Fsp3) is 0.714. The third-order valence-corrected chi connectivity index (χ3v) is 1.76. The zero-order chi connectivity index (χ0) is 8.27. The standard InChI is InChI=1S/C7H12N2O2/c1-6(7(10)11-2)9-4-3-8-5-9/h5-6H,3-4H2,1-2H3. The molecular weight excluding hydrogens is 144 g/mol. The van der Waals surface area contributed by atoms with Crippen LogP contribution in [0.4, 0.5) is 0 Å². The molecule has 0 aliphatic carbocycles. The summed E-state index contributed by atoms with van der Waals surface area (Å²) < 4.78 is 4.58. The summed E-state index contributed by atoms with van der Waals surface area (Å²) in [6.45, 7) is 3.40. The van der Waals surface area contributed by atoms with Crippen molar-refractivity contribution in [1.29, 1.82) is 0 Å². The Labute approximate surface area is 65.9 Å². The molecule has 0 bridgehead atoms. The van der Waals surface area contributed by atoms with Gasteiger partial charge in [0.2, 0.25) is 0 Å². The van der Waals surface area contributed by atoms with Crippen LogP contribution >= 0.6 is 0 Å². The number of hydrogen-bond donors (Lipinski definition) is 0. The smallest absolute Gasteiger partial charge is 0.328 e. The lowest BCUT2D eigenvalue weighted by Gasteiger charge is -2.19. The lowest BCUT2D eigenvalue weighted by atomic mass is 10.3. The van der Waals surface area contributed by atoms with Crippen LogP contribution in [-0.2, 0) is 9.53 Å². The summed E-state index contributed by atoms with van der Waals surface area (Å²) in [5.41, 5.74) is 0. The zero-order valence-corrected chi connectivity index (χ0v) is 6.78. The van der Waals surface area contributed by atoms with Gasteiger partial charge in [0, 0.05) is 6.54 Å². The Morgan fingerprint density at radius 3 is 3.00 bits per heavy atom. The van der Waals surface area contributed by atoms with Crippen LogP contribution < -0.4 is 0 Å². The SMILES string of the molecule is COC(=O)C(C)N1C=NCC1. The Balaban J connectivity index is 2.46. The minimum absolute atomic E-state index is 0.203. The van der Waals surface area contributed by atoms with Crippen molar-refractivity contribution in [2.75, 3.05) is 20.2 Å². The molecule has 0 aromatic carbocycles. The molecule has 1 rings (SSSR count). The Morgan fingerprint density at radius 1 is 1.82 bits per heavy atom. The van der Waals surface area contributed by atoms with E-state index in [0.29, 0.717) is 0 Å². The normalized spacial score (nSPS) is 18.5. The van der Waals surface area contributed by atoms with Gasteiger partial charge in [-0.3, -0.25) is 4.99 Å². The summed E-state index contributed by atoms with van der Waals surface area (Å²) >= 11 is 0. The van der Waals surface area contributed by atoms with Crippen LogP contribution in [0.2, 0.25) is 0 Å². The predicted octanol–water partition coefficient (Wildman–Crippen LogP) is -0.108. The average molecular weight is 156 g/mol. The molecule has 1 atom stereocenters. The first-order chi connectivity index (χ1) is 5.25. The van der Waals surface area contributed by atoms with E-state index in [1.165, 1.54) is 7.11 Å². The highest BCUT2D eigenvalue weighted by molar-refractivity contribution is 5.78. The summed E-state index contributed by atoms with van der Waals surface area (Å²) in [5.74, 6) is -0.210. The van der Waals surface area contributed by atoms with Gasteiger partial charge in [0.1, 0.15) is 6.04 Å². The van der Waals surface area contributed by atoms with E-state index >= 15 is 0 Å². The molecule has 62 valence electrons. The molecule has 11 heavy (non-hydrogen) atoms. The van der Waals surface area contributed by atoms with Gasteiger partial charge in [-0.05, 0) is 6.92 Å².